The Morgan fingerprint density at radius 3 is 2.71 bits per heavy atom. The number of ether oxygens (including phenoxy) is 1. The maximum absolute atomic E-state index is 12.8. The van der Waals surface area contributed by atoms with Gasteiger partial charge in [-0.25, -0.2) is 4.79 Å². The van der Waals surface area contributed by atoms with Crippen LogP contribution < -0.4 is 5.32 Å². The number of carbonyl (C=O) groups is 2. The summed E-state index contributed by atoms with van der Waals surface area (Å²) < 4.78 is 5.26. The van der Waals surface area contributed by atoms with Crippen LogP contribution in [0.25, 0.3) is 0 Å². The van der Waals surface area contributed by atoms with Crippen molar-refractivity contribution in [3.8, 4) is 0 Å². The molecule has 0 aliphatic heterocycles. The minimum absolute atomic E-state index is 0.229. The van der Waals surface area contributed by atoms with Gasteiger partial charge in [0.1, 0.15) is 11.4 Å². The number of aryl methyl sites for hydroxylation is 1. The summed E-state index contributed by atoms with van der Waals surface area (Å²) in [6.45, 7) is 9.70. The molecule has 0 heterocycles. The van der Waals surface area contributed by atoms with E-state index in [0.29, 0.717) is 25.8 Å². The molecule has 0 saturated heterocycles. The number of hydrogen-bond donors (Lipinski definition) is 1. The summed E-state index contributed by atoms with van der Waals surface area (Å²) in [5, 5.41) is 2.77. The molecule has 0 bridgehead atoms. The minimum Gasteiger partial charge on any atom is -0.444 e. The van der Waals surface area contributed by atoms with Crippen LogP contribution in [0.1, 0.15) is 51.2 Å². The fourth-order valence-corrected chi connectivity index (χ4v) is 3.38. The van der Waals surface area contributed by atoms with Crippen molar-refractivity contribution < 1.29 is 14.3 Å². The first-order valence-electron chi connectivity index (χ1n) is 8.48. The van der Waals surface area contributed by atoms with Gasteiger partial charge in [-0.15, -0.1) is 6.58 Å². The molecule has 1 atom stereocenters. The number of hydrogen-bond acceptors (Lipinski definition) is 3. The minimum atomic E-state index is -0.592. The Hall–Kier alpha value is -2.10. The average Bonchev–Trinajstić information content (AvgIpc) is 2.49. The molecule has 1 aromatic rings. The van der Waals surface area contributed by atoms with Gasteiger partial charge in [0.25, 0.3) is 0 Å². The molecule has 1 aliphatic carbocycles. The van der Waals surface area contributed by atoms with Gasteiger partial charge in [-0.2, -0.15) is 0 Å². The van der Waals surface area contributed by atoms with Gasteiger partial charge in [0.2, 0.25) is 0 Å². The molecule has 4 nitrogen and oxygen atoms in total. The molecule has 1 aliphatic rings. The second kappa shape index (κ2) is 7.20. The van der Waals surface area contributed by atoms with Crippen LogP contribution in [0.2, 0.25) is 0 Å². The molecular weight excluding hydrogens is 302 g/mol. The van der Waals surface area contributed by atoms with Crippen molar-refractivity contribution in [2.45, 2.75) is 57.5 Å². The highest BCUT2D eigenvalue weighted by atomic mass is 16.6. The number of fused-ring (bicyclic) bond motifs is 1. The molecule has 1 N–H and O–H groups in total. The van der Waals surface area contributed by atoms with Gasteiger partial charge < -0.3 is 10.1 Å². The lowest BCUT2D eigenvalue weighted by Gasteiger charge is -2.37. The smallest absolute Gasteiger partial charge is 0.407 e. The number of Topliss-reactive ketones (excluding diaryl/α,β-unsaturated/α-hetero) is 1. The number of nitrogens with one attached hydrogen (secondary N) is 1. The molecule has 1 unspecified atom stereocenters. The fourth-order valence-electron chi connectivity index (χ4n) is 3.38. The van der Waals surface area contributed by atoms with Crippen LogP contribution in [0.15, 0.2) is 36.9 Å². The van der Waals surface area contributed by atoms with Crippen LogP contribution in [0.5, 0.6) is 0 Å². The monoisotopic (exact) mass is 329 g/mol. The van der Waals surface area contributed by atoms with E-state index in [2.05, 4.69) is 18.0 Å². The van der Waals surface area contributed by atoms with Gasteiger partial charge in [-0.3, -0.25) is 4.79 Å². The Balaban J connectivity index is 2.15. The molecule has 0 saturated carbocycles. The Kier molecular flexibility index (Phi) is 5.47. The molecule has 1 amide bonds. The molecule has 24 heavy (non-hydrogen) atoms. The van der Waals surface area contributed by atoms with Crippen LogP contribution in [-0.4, -0.2) is 24.0 Å². The van der Waals surface area contributed by atoms with Gasteiger partial charge in [-0.05, 0) is 51.2 Å². The SMILES string of the molecule is C=CCC1(CCNC(=O)OC(C)(C)C)C(=O)CCc2ccccc21. The first-order chi connectivity index (χ1) is 11.3. The number of ketones is 1. The average molecular weight is 329 g/mol. The Morgan fingerprint density at radius 1 is 1.33 bits per heavy atom. The number of alkyl carbamates (subject to hydrolysis) is 1. The summed E-state index contributed by atoms with van der Waals surface area (Å²) in [6.07, 6.45) is 3.80. The number of carbonyl (C=O) groups excluding carboxylic acids is 2. The number of allylic oxidation sites excluding steroid dienone is 1. The van der Waals surface area contributed by atoms with Crippen molar-refractivity contribution >= 4 is 11.9 Å². The van der Waals surface area contributed by atoms with Gasteiger partial charge in [-0.1, -0.05) is 30.3 Å². The van der Waals surface area contributed by atoms with Gasteiger partial charge in [0.15, 0.2) is 0 Å². The third-order valence-electron chi connectivity index (χ3n) is 4.40. The largest absolute Gasteiger partial charge is 0.444 e. The molecular formula is C20H27NO3. The summed E-state index contributed by atoms with van der Waals surface area (Å²) in [6, 6.07) is 8.09. The molecule has 4 heteroatoms. The van der Waals surface area contributed by atoms with E-state index in [-0.39, 0.29) is 5.78 Å². The molecule has 0 spiro atoms. The van der Waals surface area contributed by atoms with Crippen molar-refractivity contribution in [1.82, 2.24) is 5.32 Å². The van der Waals surface area contributed by atoms with Crippen molar-refractivity contribution in [3.05, 3.63) is 48.0 Å². The van der Waals surface area contributed by atoms with Crippen molar-refractivity contribution in [3.63, 3.8) is 0 Å². The Bertz CT molecular complexity index is 630. The van der Waals surface area contributed by atoms with Crippen LogP contribution >= 0.6 is 0 Å². The van der Waals surface area contributed by atoms with Gasteiger partial charge >= 0.3 is 6.09 Å². The first-order valence-corrected chi connectivity index (χ1v) is 8.48. The summed E-state index contributed by atoms with van der Waals surface area (Å²) >= 11 is 0. The van der Waals surface area contributed by atoms with Crippen molar-refractivity contribution in [2.24, 2.45) is 0 Å². The van der Waals surface area contributed by atoms with E-state index in [1.165, 1.54) is 5.56 Å². The van der Waals surface area contributed by atoms with E-state index in [0.717, 1.165) is 12.0 Å². The van der Waals surface area contributed by atoms with E-state index in [1.807, 2.05) is 39.0 Å². The first kappa shape index (κ1) is 18.2. The summed E-state index contributed by atoms with van der Waals surface area (Å²) in [5.41, 5.74) is 1.17. The number of amides is 1. The van der Waals surface area contributed by atoms with Gasteiger partial charge in [0.05, 0.1) is 5.41 Å². The predicted octanol–water partition coefficient (Wildman–Crippen LogP) is 3.93. The van der Waals surface area contributed by atoms with Crippen LogP contribution in [0, 0.1) is 0 Å². The topological polar surface area (TPSA) is 55.4 Å². The van der Waals surface area contributed by atoms with E-state index >= 15 is 0 Å². The molecule has 130 valence electrons. The lowest BCUT2D eigenvalue weighted by molar-refractivity contribution is -0.125. The van der Waals surface area contributed by atoms with Crippen molar-refractivity contribution in [2.75, 3.05) is 6.54 Å². The van der Waals surface area contributed by atoms with Crippen LogP contribution in [0.3, 0.4) is 0 Å². The zero-order valence-corrected chi connectivity index (χ0v) is 14.9. The predicted molar refractivity (Wildman–Crippen MR) is 95.1 cm³/mol. The lowest BCUT2D eigenvalue weighted by Crippen LogP contribution is -2.43. The molecule has 1 aromatic carbocycles. The quantitative estimate of drug-likeness (QED) is 0.833. The highest BCUT2D eigenvalue weighted by Gasteiger charge is 2.42. The third kappa shape index (κ3) is 4.05. The standard InChI is InChI=1S/C20H27NO3/c1-5-12-20(13-14-21-18(23)24-19(2,3)4)16-9-7-6-8-15(16)10-11-17(20)22/h5-9H,1,10-14H2,2-4H3,(H,21,23). The molecule has 0 fully saturated rings. The maximum Gasteiger partial charge on any atom is 0.407 e. The summed E-state index contributed by atoms with van der Waals surface area (Å²) in [7, 11) is 0. The van der Waals surface area contributed by atoms with E-state index in [1.54, 1.807) is 6.08 Å². The Labute approximate surface area is 144 Å². The zero-order valence-electron chi connectivity index (χ0n) is 14.9. The second-order valence-electron chi connectivity index (χ2n) is 7.33. The molecule has 2 rings (SSSR count). The highest BCUT2D eigenvalue weighted by Crippen LogP contribution is 2.40. The molecule has 0 aromatic heterocycles. The summed E-state index contributed by atoms with van der Waals surface area (Å²) in [4.78, 5) is 24.6. The zero-order chi connectivity index (χ0) is 17.8. The Morgan fingerprint density at radius 2 is 2.04 bits per heavy atom. The normalized spacial score (nSPS) is 20.2. The van der Waals surface area contributed by atoms with Crippen LogP contribution in [0.4, 0.5) is 4.79 Å². The lowest BCUT2D eigenvalue weighted by atomic mass is 9.65. The van der Waals surface area contributed by atoms with E-state index in [4.69, 9.17) is 4.74 Å². The van der Waals surface area contributed by atoms with Gasteiger partial charge in [0, 0.05) is 13.0 Å². The van der Waals surface area contributed by atoms with E-state index < -0.39 is 17.1 Å². The van der Waals surface area contributed by atoms with E-state index in [9.17, 15) is 9.59 Å². The molecule has 0 radical (unpaired) electrons. The highest BCUT2D eigenvalue weighted by molar-refractivity contribution is 5.92. The number of rotatable bonds is 5. The second-order valence-corrected chi connectivity index (χ2v) is 7.33. The number of benzene rings is 1. The maximum atomic E-state index is 12.8. The van der Waals surface area contributed by atoms with Crippen molar-refractivity contribution in [1.29, 1.82) is 0 Å². The fraction of sp³-hybridized carbons (Fsp3) is 0.500. The summed E-state index contributed by atoms with van der Waals surface area (Å²) in [5.74, 6) is 0.229. The van der Waals surface area contributed by atoms with Crippen LogP contribution in [-0.2, 0) is 21.4 Å². The third-order valence-corrected chi connectivity index (χ3v) is 4.40.